The van der Waals surface area contributed by atoms with Crippen LogP contribution in [0.15, 0.2) is 48.5 Å². The summed E-state index contributed by atoms with van der Waals surface area (Å²) in [6.45, 7) is 5.88. The number of nitrogens with one attached hydrogen (secondary N) is 2. The Morgan fingerprint density at radius 1 is 1.08 bits per heavy atom. The van der Waals surface area contributed by atoms with E-state index in [4.69, 9.17) is 0 Å². The maximum atomic E-state index is 14.0. The highest BCUT2D eigenvalue weighted by molar-refractivity contribution is 6.36. The molecule has 1 aromatic heterocycles. The van der Waals surface area contributed by atoms with E-state index >= 15 is 0 Å². The van der Waals surface area contributed by atoms with Crippen LogP contribution < -0.4 is 5.32 Å². The number of hydrogen-bond donors (Lipinski definition) is 2. The lowest BCUT2D eigenvalue weighted by molar-refractivity contribution is -0.110. The molecule has 2 N–H and O–H groups in total. The standard InChI is InChI=1S/C30H33FN4O/c1-34-12-14-35(15-13-34)11-10-20-8-9-27-22(16-20)18-24(32-27)19-26-29-25(21-4-2-5-23(31)17-21)6-3-7-28(29)33-30(26)36/h2-7,17-20,32H,8-16H2,1H3,(H,33,36)/b26-19-. The molecule has 0 saturated carbocycles. The molecule has 0 bridgehead atoms. The largest absolute Gasteiger partial charge is 0.359 e. The monoisotopic (exact) mass is 484 g/mol. The van der Waals surface area contributed by atoms with Crippen molar-refractivity contribution in [3.8, 4) is 11.1 Å². The van der Waals surface area contributed by atoms with Crippen molar-refractivity contribution in [1.29, 1.82) is 0 Å². The Labute approximate surface area is 212 Å². The summed E-state index contributed by atoms with van der Waals surface area (Å²) in [4.78, 5) is 21.6. The first-order valence-electron chi connectivity index (χ1n) is 13.1. The van der Waals surface area contributed by atoms with Crippen molar-refractivity contribution in [2.24, 2.45) is 5.92 Å². The summed E-state index contributed by atoms with van der Waals surface area (Å²) in [5, 5.41) is 2.99. The van der Waals surface area contributed by atoms with Crippen LogP contribution in [0, 0.1) is 11.7 Å². The molecule has 0 spiro atoms. The minimum absolute atomic E-state index is 0.119. The van der Waals surface area contributed by atoms with E-state index in [1.54, 1.807) is 6.07 Å². The van der Waals surface area contributed by atoms with Crippen molar-refractivity contribution in [1.82, 2.24) is 14.8 Å². The summed E-state index contributed by atoms with van der Waals surface area (Å²) in [7, 11) is 2.20. The van der Waals surface area contributed by atoms with Gasteiger partial charge in [-0.3, -0.25) is 4.79 Å². The van der Waals surface area contributed by atoms with Gasteiger partial charge in [0.2, 0.25) is 0 Å². The number of aryl methyl sites for hydroxylation is 1. The molecule has 36 heavy (non-hydrogen) atoms. The van der Waals surface area contributed by atoms with Gasteiger partial charge in [0.1, 0.15) is 5.82 Å². The Bertz CT molecular complexity index is 1320. The summed E-state index contributed by atoms with van der Waals surface area (Å²) in [6, 6.07) is 14.5. The lowest BCUT2D eigenvalue weighted by Gasteiger charge is -2.33. The molecule has 2 aliphatic heterocycles. The predicted octanol–water partition coefficient (Wildman–Crippen LogP) is 5.06. The van der Waals surface area contributed by atoms with Crippen LogP contribution in [0.25, 0.3) is 22.8 Å². The molecule has 1 amide bonds. The van der Waals surface area contributed by atoms with Crippen LogP contribution in [0.4, 0.5) is 10.1 Å². The average molecular weight is 485 g/mol. The molecule has 6 rings (SSSR count). The highest BCUT2D eigenvalue weighted by atomic mass is 19.1. The maximum absolute atomic E-state index is 14.0. The summed E-state index contributed by atoms with van der Waals surface area (Å²) >= 11 is 0. The summed E-state index contributed by atoms with van der Waals surface area (Å²) in [5.41, 5.74) is 7.50. The third-order valence-corrected chi connectivity index (χ3v) is 8.04. The zero-order valence-electron chi connectivity index (χ0n) is 20.8. The summed E-state index contributed by atoms with van der Waals surface area (Å²) in [5.74, 6) is 0.308. The van der Waals surface area contributed by atoms with E-state index in [0.717, 1.165) is 40.9 Å². The lowest BCUT2D eigenvalue weighted by atomic mass is 9.85. The van der Waals surface area contributed by atoms with Crippen LogP contribution in [0.3, 0.4) is 0 Å². The zero-order chi connectivity index (χ0) is 24.6. The van der Waals surface area contributed by atoms with Gasteiger partial charge in [0.15, 0.2) is 0 Å². The molecule has 6 heteroatoms. The topological polar surface area (TPSA) is 51.4 Å². The number of piperazine rings is 1. The SMILES string of the molecule is CN1CCN(CCC2CCc3[nH]c(/C=C4\C(=O)Nc5cccc(-c6cccc(F)c6)c54)cc3C2)CC1. The first-order valence-corrected chi connectivity index (χ1v) is 13.1. The van der Waals surface area contributed by atoms with Crippen LogP contribution in [-0.2, 0) is 17.6 Å². The normalized spacial score (nSPS) is 21.4. The van der Waals surface area contributed by atoms with E-state index in [9.17, 15) is 9.18 Å². The third-order valence-electron chi connectivity index (χ3n) is 8.04. The minimum Gasteiger partial charge on any atom is -0.359 e. The van der Waals surface area contributed by atoms with Crippen LogP contribution in [0.2, 0.25) is 0 Å². The van der Waals surface area contributed by atoms with E-state index < -0.39 is 0 Å². The first-order chi connectivity index (χ1) is 17.5. The second-order valence-electron chi connectivity index (χ2n) is 10.5. The van der Waals surface area contributed by atoms with Crippen molar-refractivity contribution in [2.45, 2.75) is 25.7 Å². The number of carbonyl (C=O) groups excluding carboxylic acids is 1. The van der Waals surface area contributed by atoms with Gasteiger partial charge < -0.3 is 20.1 Å². The van der Waals surface area contributed by atoms with E-state index in [1.807, 2.05) is 30.3 Å². The number of nitrogens with zero attached hydrogens (tertiary/aromatic N) is 2. The first kappa shape index (κ1) is 23.2. The Morgan fingerprint density at radius 3 is 2.75 bits per heavy atom. The number of aromatic amines is 1. The minimum atomic E-state index is -0.285. The highest BCUT2D eigenvalue weighted by Gasteiger charge is 2.28. The second-order valence-corrected chi connectivity index (χ2v) is 10.5. The van der Waals surface area contributed by atoms with Gasteiger partial charge >= 0.3 is 0 Å². The van der Waals surface area contributed by atoms with Crippen molar-refractivity contribution in [3.05, 3.63) is 76.9 Å². The van der Waals surface area contributed by atoms with Crippen LogP contribution in [0.5, 0.6) is 0 Å². The van der Waals surface area contributed by atoms with Gasteiger partial charge in [0.25, 0.3) is 5.91 Å². The highest BCUT2D eigenvalue weighted by Crippen LogP contribution is 2.41. The third kappa shape index (κ3) is 4.63. The molecule has 1 aliphatic carbocycles. The fourth-order valence-electron chi connectivity index (χ4n) is 5.93. The molecule has 3 aromatic rings. The fraction of sp³-hybridized carbons (Fsp3) is 0.367. The van der Waals surface area contributed by atoms with Crippen molar-refractivity contribution in [2.75, 3.05) is 45.1 Å². The number of fused-ring (bicyclic) bond motifs is 2. The average Bonchev–Trinajstić information content (AvgIpc) is 3.43. The number of halogens is 1. The van der Waals surface area contributed by atoms with Gasteiger partial charge in [-0.25, -0.2) is 4.39 Å². The van der Waals surface area contributed by atoms with Gasteiger partial charge in [0.05, 0.1) is 5.57 Å². The molecule has 1 fully saturated rings. The molecular weight excluding hydrogens is 451 g/mol. The molecular formula is C30H33FN4O. The number of hydrogen-bond acceptors (Lipinski definition) is 3. The number of rotatable bonds is 5. The van der Waals surface area contributed by atoms with E-state index in [-0.39, 0.29) is 11.7 Å². The number of likely N-dealkylation sites (N-methyl/N-ethyl adjacent to an activating group) is 1. The van der Waals surface area contributed by atoms with Crippen molar-refractivity contribution < 1.29 is 9.18 Å². The zero-order valence-corrected chi connectivity index (χ0v) is 20.8. The van der Waals surface area contributed by atoms with Crippen molar-refractivity contribution >= 4 is 23.2 Å². The lowest BCUT2D eigenvalue weighted by Crippen LogP contribution is -2.45. The van der Waals surface area contributed by atoms with Gasteiger partial charge in [-0.15, -0.1) is 0 Å². The fourth-order valence-corrected chi connectivity index (χ4v) is 5.93. The predicted molar refractivity (Wildman–Crippen MR) is 143 cm³/mol. The van der Waals surface area contributed by atoms with Crippen LogP contribution >= 0.6 is 0 Å². The molecule has 1 atom stereocenters. The molecule has 0 radical (unpaired) electrons. The summed E-state index contributed by atoms with van der Waals surface area (Å²) in [6.07, 6.45) is 6.58. The smallest absolute Gasteiger partial charge is 0.256 e. The van der Waals surface area contributed by atoms with E-state index in [1.165, 1.54) is 69.0 Å². The van der Waals surface area contributed by atoms with Crippen molar-refractivity contribution in [3.63, 3.8) is 0 Å². The van der Waals surface area contributed by atoms with E-state index in [2.05, 4.69) is 33.2 Å². The number of carbonyl (C=O) groups is 1. The number of aromatic nitrogens is 1. The molecule has 3 heterocycles. The number of anilines is 1. The molecule has 2 aromatic carbocycles. The maximum Gasteiger partial charge on any atom is 0.256 e. The second kappa shape index (κ2) is 9.68. The molecule has 3 aliphatic rings. The summed E-state index contributed by atoms with van der Waals surface area (Å²) < 4.78 is 14.0. The molecule has 1 saturated heterocycles. The Balaban J connectivity index is 1.22. The number of H-pyrrole nitrogens is 1. The Kier molecular flexibility index (Phi) is 6.23. The Hall–Kier alpha value is -3.22. The molecule has 186 valence electrons. The van der Waals surface area contributed by atoms with Crippen LogP contribution in [0.1, 0.15) is 35.4 Å². The number of amides is 1. The van der Waals surface area contributed by atoms with Gasteiger partial charge in [0, 0.05) is 48.8 Å². The van der Waals surface area contributed by atoms with Gasteiger partial charge in [-0.1, -0.05) is 24.3 Å². The molecule has 1 unspecified atom stereocenters. The quantitative estimate of drug-likeness (QED) is 0.498. The van der Waals surface area contributed by atoms with Gasteiger partial charge in [-0.05, 0) is 92.2 Å². The Morgan fingerprint density at radius 2 is 1.92 bits per heavy atom. The van der Waals surface area contributed by atoms with Gasteiger partial charge in [-0.2, -0.15) is 0 Å². The number of benzene rings is 2. The van der Waals surface area contributed by atoms with E-state index in [0.29, 0.717) is 11.5 Å². The van der Waals surface area contributed by atoms with Crippen LogP contribution in [-0.4, -0.2) is 60.5 Å². The molecule has 5 nitrogen and oxygen atoms in total.